The second kappa shape index (κ2) is 8.05. The number of nitrogens with zero attached hydrogens (tertiary/aromatic N) is 4. The van der Waals surface area contributed by atoms with Gasteiger partial charge < -0.3 is 19.5 Å². The van der Waals surface area contributed by atoms with Crippen molar-refractivity contribution >= 4 is 11.8 Å². The van der Waals surface area contributed by atoms with Crippen LogP contribution in [0.1, 0.15) is 30.1 Å². The zero-order valence-corrected chi connectivity index (χ0v) is 15.7. The highest BCUT2D eigenvalue weighted by Crippen LogP contribution is 2.33. The molecule has 4 heterocycles. The molecule has 0 aromatic carbocycles. The van der Waals surface area contributed by atoms with E-state index in [1.807, 2.05) is 12.1 Å². The first-order valence-corrected chi connectivity index (χ1v) is 9.47. The van der Waals surface area contributed by atoms with E-state index in [0.717, 1.165) is 12.0 Å². The lowest BCUT2D eigenvalue weighted by Crippen LogP contribution is -2.46. The lowest BCUT2D eigenvalue weighted by molar-refractivity contribution is -0.138. The smallest absolute Gasteiger partial charge is 0.249 e. The quantitative estimate of drug-likeness (QED) is 0.804. The Labute approximate surface area is 162 Å². The number of ether oxygens (including phenoxy) is 1. The van der Waals surface area contributed by atoms with Gasteiger partial charge in [0.15, 0.2) is 5.82 Å². The zero-order valence-electron chi connectivity index (χ0n) is 15.7. The fourth-order valence-corrected chi connectivity index (χ4v) is 3.78. The van der Waals surface area contributed by atoms with Crippen LogP contribution in [0.4, 0.5) is 0 Å². The maximum atomic E-state index is 12.5. The number of hydrogen-bond donors (Lipinski definition) is 1. The highest BCUT2D eigenvalue weighted by Gasteiger charge is 2.42. The summed E-state index contributed by atoms with van der Waals surface area (Å²) in [7, 11) is 0. The standard InChI is InChI=1S/C19H23N5O4/c1-12-22-17(28-23-12)8-18(25)24-6-4-14-7-15(27-16(14)11-24)19(26)21-10-13-3-2-5-20-9-13/h2-3,5,9,14-16H,4,6-8,10-11H2,1H3,(H,21,26)/t14-,15+,16+/m0/s1. The summed E-state index contributed by atoms with van der Waals surface area (Å²) in [6.45, 7) is 3.29. The van der Waals surface area contributed by atoms with E-state index in [4.69, 9.17) is 9.26 Å². The Morgan fingerprint density at radius 1 is 1.39 bits per heavy atom. The van der Waals surface area contributed by atoms with E-state index in [1.54, 1.807) is 24.2 Å². The van der Waals surface area contributed by atoms with Gasteiger partial charge in [0.2, 0.25) is 17.7 Å². The molecule has 0 spiro atoms. The summed E-state index contributed by atoms with van der Waals surface area (Å²) in [6, 6.07) is 3.75. The molecule has 2 aromatic rings. The molecule has 1 N–H and O–H groups in total. The Bertz CT molecular complexity index is 840. The van der Waals surface area contributed by atoms with Gasteiger partial charge >= 0.3 is 0 Å². The summed E-state index contributed by atoms with van der Waals surface area (Å²) in [4.78, 5) is 34.8. The van der Waals surface area contributed by atoms with Crippen molar-refractivity contribution in [2.45, 2.75) is 44.9 Å². The van der Waals surface area contributed by atoms with Crippen molar-refractivity contribution < 1.29 is 18.8 Å². The number of pyridine rings is 1. The van der Waals surface area contributed by atoms with Gasteiger partial charge in [-0.2, -0.15) is 4.98 Å². The topological polar surface area (TPSA) is 110 Å². The number of carbonyl (C=O) groups excluding carboxylic acids is 2. The van der Waals surface area contributed by atoms with Crippen LogP contribution in [-0.2, 0) is 27.3 Å². The van der Waals surface area contributed by atoms with E-state index >= 15 is 0 Å². The summed E-state index contributed by atoms with van der Waals surface area (Å²) in [5.41, 5.74) is 0.944. The van der Waals surface area contributed by atoms with Crippen molar-refractivity contribution in [2.24, 2.45) is 5.92 Å². The molecule has 4 rings (SSSR count). The van der Waals surface area contributed by atoms with Crippen molar-refractivity contribution in [1.29, 1.82) is 0 Å². The first-order valence-electron chi connectivity index (χ1n) is 9.47. The van der Waals surface area contributed by atoms with Gasteiger partial charge in [-0.15, -0.1) is 0 Å². The maximum absolute atomic E-state index is 12.5. The number of aromatic nitrogens is 3. The highest BCUT2D eigenvalue weighted by molar-refractivity contribution is 5.81. The molecule has 0 saturated carbocycles. The molecule has 2 amide bonds. The van der Waals surface area contributed by atoms with Crippen LogP contribution < -0.4 is 5.32 Å². The monoisotopic (exact) mass is 385 g/mol. The van der Waals surface area contributed by atoms with Crippen LogP contribution in [0.3, 0.4) is 0 Å². The predicted octanol–water partition coefficient (Wildman–Crippen LogP) is 0.638. The first kappa shape index (κ1) is 18.5. The maximum Gasteiger partial charge on any atom is 0.249 e. The second-order valence-electron chi connectivity index (χ2n) is 7.28. The van der Waals surface area contributed by atoms with E-state index < -0.39 is 6.10 Å². The Hall–Kier alpha value is -2.81. The zero-order chi connectivity index (χ0) is 19.5. The Morgan fingerprint density at radius 2 is 2.29 bits per heavy atom. The van der Waals surface area contributed by atoms with Gasteiger partial charge in [-0.05, 0) is 37.3 Å². The lowest BCUT2D eigenvalue weighted by Gasteiger charge is -2.33. The summed E-state index contributed by atoms with van der Waals surface area (Å²) in [5, 5.41) is 6.61. The highest BCUT2D eigenvalue weighted by atomic mass is 16.5. The van der Waals surface area contributed by atoms with Crippen molar-refractivity contribution in [3.05, 3.63) is 41.8 Å². The Morgan fingerprint density at radius 3 is 3.04 bits per heavy atom. The summed E-state index contributed by atoms with van der Waals surface area (Å²) in [5.74, 6) is 0.960. The number of nitrogens with one attached hydrogen (secondary N) is 1. The summed E-state index contributed by atoms with van der Waals surface area (Å²) >= 11 is 0. The fourth-order valence-electron chi connectivity index (χ4n) is 3.78. The van der Waals surface area contributed by atoms with Crippen LogP contribution in [0.2, 0.25) is 0 Å². The Balaban J connectivity index is 1.28. The molecular weight excluding hydrogens is 362 g/mol. The molecule has 0 aliphatic carbocycles. The average molecular weight is 385 g/mol. The van der Waals surface area contributed by atoms with Crippen LogP contribution in [0.25, 0.3) is 0 Å². The number of likely N-dealkylation sites (tertiary alicyclic amines) is 1. The fraction of sp³-hybridized carbons (Fsp3) is 0.526. The molecule has 2 aliphatic rings. The number of hydrogen-bond acceptors (Lipinski definition) is 7. The van der Waals surface area contributed by atoms with E-state index in [1.165, 1.54) is 0 Å². The largest absolute Gasteiger partial charge is 0.363 e. The van der Waals surface area contributed by atoms with Crippen molar-refractivity contribution in [3.8, 4) is 0 Å². The number of amides is 2. The molecule has 28 heavy (non-hydrogen) atoms. The molecule has 0 unspecified atom stereocenters. The molecule has 0 bridgehead atoms. The average Bonchev–Trinajstić information content (AvgIpc) is 3.32. The molecule has 9 nitrogen and oxygen atoms in total. The molecule has 2 saturated heterocycles. The molecular formula is C19H23N5O4. The number of aryl methyl sites for hydroxylation is 1. The minimum atomic E-state index is -0.472. The predicted molar refractivity (Wildman–Crippen MR) is 96.8 cm³/mol. The molecule has 0 radical (unpaired) electrons. The Kier molecular flexibility index (Phi) is 5.34. The van der Waals surface area contributed by atoms with Gasteiger partial charge in [-0.25, -0.2) is 0 Å². The van der Waals surface area contributed by atoms with Gasteiger partial charge in [-0.1, -0.05) is 11.2 Å². The van der Waals surface area contributed by atoms with Gasteiger partial charge in [-0.3, -0.25) is 14.6 Å². The van der Waals surface area contributed by atoms with E-state index in [2.05, 4.69) is 20.4 Å². The minimum Gasteiger partial charge on any atom is -0.363 e. The number of carbonyl (C=O) groups is 2. The third kappa shape index (κ3) is 4.19. The summed E-state index contributed by atoms with van der Waals surface area (Å²) < 4.78 is 11.0. The number of piperidine rings is 1. The molecule has 9 heteroatoms. The molecule has 2 aromatic heterocycles. The van der Waals surface area contributed by atoms with Gasteiger partial charge in [0.25, 0.3) is 0 Å². The van der Waals surface area contributed by atoms with Crippen molar-refractivity contribution in [2.75, 3.05) is 13.1 Å². The van der Waals surface area contributed by atoms with Crippen LogP contribution in [0.5, 0.6) is 0 Å². The van der Waals surface area contributed by atoms with E-state index in [-0.39, 0.29) is 24.3 Å². The number of rotatable bonds is 5. The van der Waals surface area contributed by atoms with E-state index in [9.17, 15) is 9.59 Å². The van der Waals surface area contributed by atoms with Crippen LogP contribution in [0.15, 0.2) is 29.0 Å². The van der Waals surface area contributed by atoms with Crippen molar-refractivity contribution in [1.82, 2.24) is 25.3 Å². The van der Waals surface area contributed by atoms with Gasteiger partial charge in [0.1, 0.15) is 12.5 Å². The van der Waals surface area contributed by atoms with Gasteiger partial charge in [0, 0.05) is 32.0 Å². The normalized spacial score (nSPS) is 24.0. The van der Waals surface area contributed by atoms with Gasteiger partial charge in [0.05, 0.1) is 6.10 Å². The summed E-state index contributed by atoms with van der Waals surface area (Å²) in [6.07, 6.45) is 4.44. The van der Waals surface area contributed by atoms with Crippen LogP contribution in [-0.4, -0.2) is 57.1 Å². The molecule has 3 atom stereocenters. The third-order valence-electron chi connectivity index (χ3n) is 5.26. The second-order valence-corrected chi connectivity index (χ2v) is 7.28. The lowest BCUT2D eigenvalue weighted by atomic mass is 9.91. The first-order chi connectivity index (χ1) is 13.6. The molecule has 148 valence electrons. The SMILES string of the molecule is Cc1noc(CC(=O)N2CC[C@H]3C[C@H](C(=O)NCc4cccnc4)O[C@@H]3C2)n1. The van der Waals surface area contributed by atoms with Crippen molar-refractivity contribution in [3.63, 3.8) is 0 Å². The number of fused-ring (bicyclic) bond motifs is 1. The van der Waals surface area contributed by atoms with E-state index in [0.29, 0.717) is 43.7 Å². The molecule has 2 aliphatic heterocycles. The molecule has 2 fully saturated rings. The third-order valence-corrected chi connectivity index (χ3v) is 5.26. The minimum absolute atomic E-state index is 0.0600. The van der Waals surface area contributed by atoms with Crippen LogP contribution in [0, 0.1) is 12.8 Å². The van der Waals surface area contributed by atoms with Crippen LogP contribution >= 0.6 is 0 Å².